The van der Waals surface area contributed by atoms with E-state index in [1.165, 1.54) is 18.4 Å². The number of nitrogens with zero attached hydrogens (tertiary/aromatic N) is 1. The fraction of sp³-hybridized carbons (Fsp3) is 0.429. The minimum Gasteiger partial charge on any atom is -0.456 e. The number of Topliss-reactive ketones (excluding diaryl/α,β-unsaturated/α-hetero) is 1. The Hall–Kier alpha value is -2.96. The van der Waals surface area contributed by atoms with E-state index in [9.17, 15) is 14.4 Å². The first-order valence-corrected chi connectivity index (χ1v) is 9.49. The topological polar surface area (TPSA) is 98.5 Å². The predicted octanol–water partition coefficient (Wildman–Crippen LogP) is 3.86. The average molecular weight is 386 g/mol. The first-order valence-electron chi connectivity index (χ1n) is 9.49. The van der Waals surface area contributed by atoms with E-state index in [2.05, 4.69) is 17.4 Å². The van der Waals surface area contributed by atoms with Crippen LogP contribution in [0.3, 0.4) is 0 Å². The van der Waals surface area contributed by atoms with Crippen LogP contribution < -0.4 is 5.32 Å². The molecule has 0 radical (unpaired) electrons. The van der Waals surface area contributed by atoms with Crippen molar-refractivity contribution < 1.29 is 23.6 Å². The number of hydrogen-bond acceptors (Lipinski definition) is 6. The second-order valence-electron chi connectivity index (χ2n) is 6.61. The molecule has 1 aromatic carbocycles. The smallest absolute Gasteiger partial charge is 0.306 e. The van der Waals surface area contributed by atoms with E-state index in [0.717, 1.165) is 12.8 Å². The standard InChI is InChI=1S/C21H26N2O5/c1-3-4-5-6-16-7-9-17(10-8-16)18(24)11-12-21(26)27-14-20(25)22-19-13-15(2)28-23-19/h7-10,13H,3-6,11-12,14H2,1-2H3,(H,22,23,25). The summed E-state index contributed by atoms with van der Waals surface area (Å²) in [5.74, 6) is -0.436. The Kier molecular flexibility index (Phi) is 8.39. The van der Waals surface area contributed by atoms with Gasteiger partial charge in [-0.3, -0.25) is 14.4 Å². The number of carbonyl (C=O) groups is 3. The highest BCUT2D eigenvalue weighted by molar-refractivity contribution is 5.98. The molecule has 0 unspecified atom stereocenters. The fourth-order valence-corrected chi connectivity index (χ4v) is 2.62. The number of esters is 1. The molecule has 0 saturated carbocycles. The summed E-state index contributed by atoms with van der Waals surface area (Å²) >= 11 is 0. The first-order chi connectivity index (χ1) is 13.5. The highest BCUT2D eigenvalue weighted by atomic mass is 16.5. The second-order valence-corrected chi connectivity index (χ2v) is 6.61. The van der Waals surface area contributed by atoms with Crippen LogP contribution in [0.1, 0.15) is 60.7 Å². The highest BCUT2D eigenvalue weighted by Gasteiger charge is 2.13. The van der Waals surface area contributed by atoms with E-state index >= 15 is 0 Å². The number of amides is 1. The molecule has 2 aromatic rings. The summed E-state index contributed by atoms with van der Waals surface area (Å²) in [6, 6.07) is 9.05. The SMILES string of the molecule is CCCCCc1ccc(C(=O)CCC(=O)OCC(=O)Nc2cc(C)on2)cc1. The summed E-state index contributed by atoms with van der Waals surface area (Å²) in [4.78, 5) is 35.6. The Morgan fingerprint density at radius 2 is 1.86 bits per heavy atom. The van der Waals surface area contributed by atoms with Crippen molar-refractivity contribution in [2.24, 2.45) is 0 Å². The van der Waals surface area contributed by atoms with Crippen LogP contribution in [0.2, 0.25) is 0 Å². The first kappa shape index (κ1) is 21.3. The summed E-state index contributed by atoms with van der Waals surface area (Å²) in [5, 5.41) is 6.05. The number of nitrogens with one attached hydrogen (secondary N) is 1. The maximum atomic E-state index is 12.2. The van der Waals surface area contributed by atoms with Crippen molar-refractivity contribution in [3.63, 3.8) is 0 Å². The van der Waals surface area contributed by atoms with Gasteiger partial charge in [0.25, 0.3) is 5.91 Å². The van der Waals surface area contributed by atoms with Crippen LogP contribution in [0.5, 0.6) is 0 Å². The van der Waals surface area contributed by atoms with Gasteiger partial charge in [0.05, 0.1) is 6.42 Å². The van der Waals surface area contributed by atoms with Crippen molar-refractivity contribution >= 4 is 23.5 Å². The van der Waals surface area contributed by atoms with Crippen LogP contribution in [0.4, 0.5) is 5.82 Å². The third kappa shape index (κ3) is 7.34. The van der Waals surface area contributed by atoms with Crippen LogP contribution in [0, 0.1) is 6.92 Å². The number of hydrogen-bond donors (Lipinski definition) is 1. The zero-order chi connectivity index (χ0) is 20.4. The molecule has 7 heteroatoms. The van der Waals surface area contributed by atoms with Crippen LogP contribution in [-0.4, -0.2) is 29.4 Å². The molecule has 2 rings (SSSR count). The molecule has 0 saturated heterocycles. The molecule has 0 aliphatic carbocycles. The van der Waals surface area contributed by atoms with Gasteiger partial charge in [-0.2, -0.15) is 0 Å². The molecule has 0 bridgehead atoms. The Bertz CT molecular complexity index is 795. The maximum Gasteiger partial charge on any atom is 0.306 e. The monoisotopic (exact) mass is 386 g/mol. The third-order valence-electron chi connectivity index (χ3n) is 4.16. The minimum atomic E-state index is -0.601. The summed E-state index contributed by atoms with van der Waals surface area (Å²) in [6.07, 6.45) is 4.48. The zero-order valence-corrected chi connectivity index (χ0v) is 16.3. The Morgan fingerprint density at radius 3 is 2.50 bits per heavy atom. The molecule has 150 valence electrons. The number of rotatable bonds is 11. The van der Waals surface area contributed by atoms with Crippen LogP contribution in [-0.2, 0) is 20.7 Å². The quantitative estimate of drug-likeness (QED) is 0.358. The fourth-order valence-electron chi connectivity index (χ4n) is 2.62. The number of benzene rings is 1. The molecule has 28 heavy (non-hydrogen) atoms. The molecular formula is C21H26N2O5. The summed E-state index contributed by atoms with van der Waals surface area (Å²) in [5.41, 5.74) is 1.78. The van der Waals surface area contributed by atoms with E-state index in [0.29, 0.717) is 11.3 Å². The van der Waals surface area contributed by atoms with Gasteiger partial charge in [0.1, 0.15) is 5.76 Å². The third-order valence-corrected chi connectivity index (χ3v) is 4.16. The zero-order valence-electron chi connectivity index (χ0n) is 16.3. The van der Waals surface area contributed by atoms with Crippen LogP contribution in [0.25, 0.3) is 0 Å². The van der Waals surface area contributed by atoms with Crippen molar-refractivity contribution in [3.05, 3.63) is 47.2 Å². The van der Waals surface area contributed by atoms with Crippen molar-refractivity contribution in [2.45, 2.75) is 52.4 Å². The largest absolute Gasteiger partial charge is 0.456 e. The molecule has 1 amide bonds. The van der Waals surface area contributed by atoms with E-state index in [1.54, 1.807) is 25.1 Å². The average Bonchev–Trinajstić information content (AvgIpc) is 3.09. The molecule has 1 aromatic heterocycles. The minimum absolute atomic E-state index is 0.0398. The number of aromatic nitrogens is 1. The van der Waals surface area contributed by atoms with Crippen LogP contribution >= 0.6 is 0 Å². The van der Waals surface area contributed by atoms with Gasteiger partial charge in [0, 0.05) is 18.1 Å². The normalized spacial score (nSPS) is 10.5. The van der Waals surface area contributed by atoms with Crippen molar-refractivity contribution in [3.8, 4) is 0 Å². The van der Waals surface area contributed by atoms with Gasteiger partial charge in [-0.1, -0.05) is 49.2 Å². The molecule has 0 fully saturated rings. The number of carbonyl (C=O) groups excluding carboxylic acids is 3. The van der Waals surface area contributed by atoms with Gasteiger partial charge in [0.2, 0.25) is 0 Å². The van der Waals surface area contributed by atoms with Crippen LogP contribution in [0.15, 0.2) is 34.9 Å². The summed E-state index contributed by atoms with van der Waals surface area (Å²) in [6.45, 7) is 3.42. The Morgan fingerprint density at radius 1 is 1.11 bits per heavy atom. The van der Waals surface area contributed by atoms with Gasteiger partial charge in [-0.15, -0.1) is 0 Å². The van der Waals surface area contributed by atoms with Gasteiger partial charge >= 0.3 is 5.97 Å². The van der Waals surface area contributed by atoms with Crippen molar-refractivity contribution in [2.75, 3.05) is 11.9 Å². The van der Waals surface area contributed by atoms with E-state index < -0.39 is 18.5 Å². The maximum absolute atomic E-state index is 12.2. The van der Waals surface area contributed by atoms with Gasteiger partial charge < -0.3 is 14.6 Å². The highest BCUT2D eigenvalue weighted by Crippen LogP contribution is 2.12. The molecular weight excluding hydrogens is 360 g/mol. The van der Waals surface area contributed by atoms with E-state index in [-0.39, 0.29) is 24.4 Å². The lowest BCUT2D eigenvalue weighted by molar-refractivity contribution is -0.147. The van der Waals surface area contributed by atoms with E-state index in [4.69, 9.17) is 9.26 Å². The molecule has 0 spiro atoms. The molecule has 7 nitrogen and oxygen atoms in total. The van der Waals surface area contributed by atoms with E-state index in [1.807, 2.05) is 12.1 Å². The molecule has 0 aliphatic rings. The number of aryl methyl sites for hydroxylation is 2. The lowest BCUT2D eigenvalue weighted by Crippen LogP contribution is -2.21. The lowest BCUT2D eigenvalue weighted by atomic mass is 10.0. The second kappa shape index (κ2) is 11.0. The van der Waals surface area contributed by atoms with Gasteiger partial charge in [-0.25, -0.2) is 0 Å². The number of ketones is 1. The number of unbranched alkanes of at least 4 members (excludes halogenated alkanes) is 2. The van der Waals surface area contributed by atoms with Crippen molar-refractivity contribution in [1.29, 1.82) is 0 Å². The molecule has 1 N–H and O–H groups in total. The van der Waals surface area contributed by atoms with Crippen molar-refractivity contribution in [1.82, 2.24) is 5.16 Å². The number of ether oxygens (including phenoxy) is 1. The summed E-state index contributed by atoms with van der Waals surface area (Å²) in [7, 11) is 0. The summed E-state index contributed by atoms with van der Waals surface area (Å²) < 4.78 is 9.70. The Labute approximate surface area is 164 Å². The molecule has 1 heterocycles. The lowest BCUT2D eigenvalue weighted by Gasteiger charge is -2.05. The predicted molar refractivity (Wildman–Crippen MR) is 104 cm³/mol. The number of anilines is 1. The molecule has 0 atom stereocenters. The van der Waals surface area contributed by atoms with Gasteiger partial charge in [-0.05, 0) is 25.3 Å². The molecule has 0 aliphatic heterocycles. The Balaban J connectivity index is 1.68. The van der Waals surface area contributed by atoms with Gasteiger partial charge in [0.15, 0.2) is 18.2 Å².